The summed E-state index contributed by atoms with van der Waals surface area (Å²) in [5, 5.41) is 0. The van der Waals surface area contributed by atoms with Crippen LogP contribution >= 0.6 is 12.2 Å². The lowest BCUT2D eigenvalue weighted by atomic mass is 10.0. The maximum atomic E-state index is 5.89. The molecule has 0 saturated carbocycles. The van der Waals surface area contributed by atoms with Crippen LogP contribution in [0, 0.1) is 6.92 Å². The second kappa shape index (κ2) is 5.27. The molecule has 0 bridgehead atoms. The molecular formula is C15H22N2S. The zero-order chi connectivity index (χ0) is 13.3. The van der Waals surface area contributed by atoms with Gasteiger partial charge in [-0.1, -0.05) is 31.3 Å². The number of aryl methyl sites for hydroxylation is 1. The Balaban J connectivity index is 2.52. The predicted octanol–water partition coefficient (Wildman–Crippen LogP) is 3.40. The summed E-state index contributed by atoms with van der Waals surface area (Å²) in [4.78, 5) is 3.03. The van der Waals surface area contributed by atoms with Crippen molar-refractivity contribution < 1.29 is 0 Å². The maximum absolute atomic E-state index is 5.89. The van der Waals surface area contributed by atoms with Gasteiger partial charge in [-0.3, -0.25) is 0 Å². The van der Waals surface area contributed by atoms with E-state index in [1.54, 1.807) is 0 Å². The van der Waals surface area contributed by atoms with Crippen LogP contribution in [0.25, 0.3) is 0 Å². The molecule has 0 aliphatic carbocycles. The molecule has 0 amide bonds. The van der Waals surface area contributed by atoms with E-state index in [1.807, 2.05) is 12.1 Å². The Bertz CT molecular complexity index is 456. The summed E-state index contributed by atoms with van der Waals surface area (Å²) in [6.07, 6.45) is 3.70. The molecule has 3 heteroatoms. The third-order valence-corrected chi connectivity index (χ3v) is 4.24. The molecule has 2 rings (SSSR count). The summed E-state index contributed by atoms with van der Waals surface area (Å²) >= 11 is 5.21. The summed E-state index contributed by atoms with van der Waals surface area (Å²) in [6, 6.07) is 7.42. The number of hydrogen-bond acceptors (Lipinski definition) is 2. The van der Waals surface area contributed by atoms with Gasteiger partial charge in [0.1, 0.15) is 4.99 Å². The summed E-state index contributed by atoms with van der Waals surface area (Å²) in [5.41, 5.74) is 9.44. The van der Waals surface area contributed by atoms with Gasteiger partial charge in [0.25, 0.3) is 0 Å². The number of nitrogens with zero attached hydrogens (tertiary/aromatic N) is 1. The highest BCUT2D eigenvalue weighted by atomic mass is 32.1. The van der Waals surface area contributed by atoms with Crippen molar-refractivity contribution in [3.63, 3.8) is 0 Å². The third-order valence-electron chi connectivity index (χ3n) is 4.02. The zero-order valence-electron chi connectivity index (χ0n) is 11.4. The molecule has 98 valence electrons. The molecule has 1 fully saturated rings. The van der Waals surface area contributed by atoms with Crippen LogP contribution in [0.4, 0.5) is 5.69 Å². The van der Waals surface area contributed by atoms with Gasteiger partial charge in [-0.2, -0.15) is 0 Å². The molecule has 2 atom stereocenters. The third kappa shape index (κ3) is 2.24. The SMILES string of the molecule is CCC1CCC(C)N1c1c(C)cccc1C(N)=S. The fraction of sp³-hybridized carbons (Fsp3) is 0.533. The lowest BCUT2D eigenvalue weighted by Crippen LogP contribution is -2.36. The van der Waals surface area contributed by atoms with E-state index in [2.05, 4.69) is 31.7 Å². The van der Waals surface area contributed by atoms with E-state index in [1.165, 1.54) is 30.5 Å². The van der Waals surface area contributed by atoms with Crippen LogP contribution in [0.3, 0.4) is 0 Å². The van der Waals surface area contributed by atoms with Gasteiger partial charge in [0, 0.05) is 17.6 Å². The van der Waals surface area contributed by atoms with Crippen molar-refractivity contribution in [2.24, 2.45) is 5.73 Å². The van der Waals surface area contributed by atoms with Gasteiger partial charge >= 0.3 is 0 Å². The summed E-state index contributed by atoms with van der Waals surface area (Å²) < 4.78 is 0. The van der Waals surface area contributed by atoms with Crippen LogP contribution in [-0.2, 0) is 0 Å². The Hall–Kier alpha value is -1.09. The minimum absolute atomic E-state index is 0.502. The quantitative estimate of drug-likeness (QED) is 0.847. The number of nitrogens with two attached hydrogens (primary N) is 1. The molecule has 1 heterocycles. The molecule has 18 heavy (non-hydrogen) atoms. The molecule has 1 aliphatic rings. The zero-order valence-corrected chi connectivity index (χ0v) is 12.3. The molecule has 1 saturated heterocycles. The number of para-hydroxylation sites is 1. The van der Waals surface area contributed by atoms with Gasteiger partial charge in [0.15, 0.2) is 0 Å². The van der Waals surface area contributed by atoms with E-state index in [0.29, 0.717) is 17.1 Å². The van der Waals surface area contributed by atoms with E-state index in [0.717, 1.165) is 5.56 Å². The average molecular weight is 262 g/mol. The monoisotopic (exact) mass is 262 g/mol. The number of anilines is 1. The van der Waals surface area contributed by atoms with Crippen LogP contribution in [0.2, 0.25) is 0 Å². The van der Waals surface area contributed by atoms with Gasteiger partial charge in [0.2, 0.25) is 0 Å². The molecule has 2 unspecified atom stereocenters. The largest absolute Gasteiger partial charge is 0.389 e. The van der Waals surface area contributed by atoms with E-state index in [-0.39, 0.29) is 0 Å². The van der Waals surface area contributed by atoms with Crippen LogP contribution in [-0.4, -0.2) is 17.1 Å². The average Bonchev–Trinajstić information content (AvgIpc) is 2.70. The maximum Gasteiger partial charge on any atom is 0.106 e. The van der Waals surface area contributed by atoms with E-state index in [9.17, 15) is 0 Å². The first kappa shape index (κ1) is 13.3. The minimum atomic E-state index is 0.502. The van der Waals surface area contributed by atoms with Crippen molar-refractivity contribution in [1.29, 1.82) is 0 Å². The Morgan fingerprint density at radius 2 is 2.17 bits per heavy atom. The van der Waals surface area contributed by atoms with Crippen molar-refractivity contribution >= 4 is 22.9 Å². The van der Waals surface area contributed by atoms with Crippen molar-refractivity contribution in [2.45, 2.75) is 52.1 Å². The Labute approximate surface area is 115 Å². The molecule has 0 aromatic heterocycles. The lowest BCUT2D eigenvalue weighted by Gasteiger charge is -2.33. The Morgan fingerprint density at radius 3 is 2.78 bits per heavy atom. The molecule has 0 radical (unpaired) electrons. The first-order chi connectivity index (χ1) is 8.56. The number of thiocarbonyl (C=S) groups is 1. The Kier molecular flexibility index (Phi) is 3.91. The lowest BCUT2D eigenvalue weighted by molar-refractivity contribution is 0.626. The fourth-order valence-electron chi connectivity index (χ4n) is 3.08. The number of benzene rings is 1. The molecule has 2 N–H and O–H groups in total. The summed E-state index contributed by atoms with van der Waals surface area (Å²) in [5.74, 6) is 0. The van der Waals surface area contributed by atoms with Crippen LogP contribution in [0.1, 0.15) is 44.2 Å². The number of hydrogen-bond donors (Lipinski definition) is 1. The smallest absolute Gasteiger partial charge is 0.106 e. The summed E-state index contributed by atoms with van der Waals surface area (Å²) in [7, 11) is 0. The highest BCUT2D eigenvalue weighted by Crippen LogP contribution is 2.36. The molecule has 1 aromatic rings. The van der Waals surface area contributed by atoms with Gasteiger partial charge in [-0.25, -0.2) is 0 Å². The van der Waals surface area contributed by atoms with Gasteiger partial charge < -0.3 is 10.6 Å². The predicted molar refractivity (Wildman–Crippen MR) is 82.3 cm³/mol. The first-order valence-electron chi connectivity index (χ1n) is 6.74. The standard InChI is InChI=1S/C15H22N2S/c1-4-12-9-8-11(3)17(12)14-10(2)6-5-7-13(14)15(16)18/h5-7,11-12H,4,8-9H2,1-3H3,(H2,16,18). The number of rotatable bonds is 3. The first-order valence-corrected chi connectivity index (χ1v) is 7.14. The highest BCUT2D eigenvalue weighted by molar-refractivity contribution is 7.80. The van der Waals surface area contributed by atoms with Crippen molar-refractivity contribution in [3.05, 3.63) is 29.3 Å². The van der Waals surface area contributed by atoms with Gasteiger partial charge in [-0.05, 0) is 44.7 Å². The van der Waals surface area contributed by atoms with Gasteiger partial charge in [-0.15, -0.1) is 0 Å². The fourth-order valence-corrected chi connectivity index (χ4v) is 3.24. The van der Waals surface area contributed by atoms with Crippen molar-refractivity contribution in [2.75, 3.05) is 4.90 Å². The van der Waals surface area contributed by atoms with Crippen molar-refractivity contribution in [1.82, 2.24) is 0 Å². The molecule has 2 nitrogen and oxygen atoms in total. The van der Waals surface area contributed by atoms with Crippen molar-refractivity contribution in [3.8, 4) is 0 Å². The highest BCUT2D eigenvalue weighted by Gasteiger charge is 2.31. The van der Waals surface area contributed by atoms with E-state index in [4.69, 9.17) is 18.0 Å². The Morgan fingerprint density at radius 1 is 1.44 bits per heavy atom. The molecule has 0 spiro atoms. The normalized spacial score (nSPS) is 23.4. The minimum Gasteiger partial charge on any atom is -0.389 e. The molecule has 1 aliphatic heterocycles. The molecule has 1 aromatic carbocycles. The van der Waals surface area contributed by atoms with Gasteiger partial charge in [0.05, 0.1) is 5.69 Å². The molecular weight excluding hydrogens is 240 g/mol. The second-order valence-electron chi connectivity index (χ2n) is 5.23. The summed E-state index contributed by atoms with van der Waals surface area (Å²) in [6.45, 7) is 6.70. The van der Waals surface area contributed by atoms with Crippen LogP contribution < -0.4 is 10.6 Å². The van der Waals surface area contributed by atoms with E-state index >= 15 is 0 Å². The van der Waals surface area contributed by atoms with Crippen LogP contribution in [0.15, 0.2) is 18.2 Å². The topological polar surface area (TPSA) is 29.3 Å². The van der Waals surface area contributed by atoms with E-state index < -0.39 is 0 Å². The van der Waals surface area contributed by atoms with Crippen LogP contribution in [0.5, 0.6) is 0 Å². The second-order valence-corrected chi connectivity index (χ2v) is 5.67.